The quantitative estimate of drug-likeness (QED) is 0.832. The maximum Gasteiger partial charge on any atom is 0.119 e. The second kappa shape index (κ2) is 7.09. The fourth-order valence-corrected chi connectivity index (χ4v) is 3.02. The van der Waals surface area contributed by atoms with Gasteiger partial charge < -0.3 is 10.5 Å². The average molecular weight is 278 g/mol. The van der Waals surface area contributed by atoms with Crippen molar-refractivity contribution in [3.63, 3.8) is 0 Å². The lowest BCUT2D eigenvalue weighted by Gasteiger charge is -2.45. The van der Waals surface area contributed by atoms with Crippen LogP contribution in [-0.2, 0) is 5.54 Å². The van der Waals surface area contributed by atoms with Crippen molar-refractivity contribution in [2.45, 2.75) is 46.2 Å². The van der Waals surface area contributed by atoms with Gasteiger partial charge in [0.05, 0.1) is 12.6 Å². The zero-order chi connectivity index (χ0) is 15.3. The minimum atomic E-state index is -0.388. The van der Waals surface area contributed by atoms with Gasteiger partial charge in [-0.05, 0) is 43.6 Å². The molecule has 0 radical (unpaired) electrons. The standard InChI is InChI=1S/C17H30N2O/c1-7-19(8-2)14(5)17(18,13(3)4)15-10-9-11-16(12-15)20-6/h9-14H,7-8,18H2,1-6H3. The van der Waals surface area contributed by atoms with Gasteiger partial charge in [-0.15, -0.1) is 0 Å². The first-order valence-corrected chi connectivity index (χ1v) is 7.59. The van der Waals surface area contributed by atoms with Crippen LogP contribution < -0.4 is 10.5 Å². The van der Waals surface area contributed by atoms with Crippen molar-refractivity contribution in [2.24, 2.45) is 11.7 Å². The van der Waals surface area contributed by atoms with Gasteiger partial charge in [0.1, 0.15) is 5.75 Å². The second-order valence-electron chi connectivity index (χ2n) is 5.72. The lowest BCUT2D eigenvalue weighted by atomic mass is 9.75. The summed E-state index contributed by atoms with van der Waals surface area (Å²) in [6.45, 7) is 13.0. The molecule has 0 aromatic heterocycles. The number of hydrogen-bond donors (Lipinski definition) is 1. The minimum absolute atomic E-state index is 0.268. The van der Waals surface area contributed by atoms with Crippen LogP contribution in [0, 0.1) is 5.92 Å². The Balaban J connectivity index is 3.26. The van der Waals surface area contributed by atoms with Crippen molar-refractivity contribution < 1.29 is 4.74 Å². The van der Waals surface area contributed by atoms with Crippen LogP contribution in [0.15, 0.2) is 24.3 Å². The van der Waals surface area contributed by atoms with E-state index in [0.29, 0.717) is 5.92 Å². The summed E-state index contributed by atoms with van der Waals surface area (Å²) in [7, 11) is 1.69. The smallest absolute Gasteiger partial charge is 0.119 e. The van der Waals surface area contributed by atoms with E-state index in [1.54, 1.807) is 7.11 Å². The van der Waals surface area contributed by atoms with Crippen molar-refractivity contribution in [2.75, 3.05) is 20.2 Å². The van der Waals surface area contributed by atoms with E-state index in [0.717, 1.165) is 24.4 Å². The SMILES string of the molecule is CCN(CC)C(C)C(N)(c1cccc(OC)c1)C(C)C. The minimum Gasteiger partial charge on any atom is -0.497 e. The number of benzene rings is 1. The largest absolute Gasteiger partial charge is 0.497 e. The topological polar surface area (TPSA) is 38.5 Å². The summed E-state index contributed by atoms with van der Waals surface area (Å²) < 4.78 is 5.35. The molecule has 0 fully saturated rings. The number of methoxy groups -OCH3 is 1. The molecular formula is C17H30N2O. The van der Waals surface area contributed by atoms with Gasteiger partial charge in [-0.3, -0.25) is 4.90 Å². The molecule has 0 amide bonds. The van der Waals surface area contributed by atoms with Gasteiger partial charge in [-0.2, -0.15) is 0 Å². The molecular weight excluding hydrogens is 248 g/mol. The monoisotopic (exact) mass is 278 g/mol. The summed E-state index contributed by atoms with van der Waals surface area (Å²) in [6, 6.07) is 8.44. The molecule has 1 aromatic carbocycles. The average Bonchev–Trinajstić information content (AvgIpc) is 2.47. The van der Waals surface area contributed by atoms with E-state index in [-0.39, 0.29) is 11.6 Å². The normalized spacial score (nSPS) is 16.2. The van der Waals surface area contributed by atoms with E-state index in [4.69, 9.17) is 10.5 Å². The number of likely N-dealkylation sites (N-methyl/N-ethyl adjacent to an activating group) is 1. The molecule has 0 aliphatic rings. The molecule has 0 aliphatic carbocycles. The third-order valence-electron chi connectivity index (χ3n) is 4.58. The first-order valence-electron chi connectivity index (χ1n) is 7.59. The first-order chi connectivity index (χ1) is 9.41. The van der Waals surface area contributed by atoms with E-state index in [1.807, 2.05) is 12.1 Å². The van der Waals surface area contributed by atoms with E-state index in [9.17, 15) is 0 Å². The highest BCUT2D eigenvalue weighted by molar-refractivity contribution is 5.35. The number of nitrogens with two attached hydrogens (primary N) is 1. The van der Waals surface area contributed by atoms with Gasteiger partial charge >= 0.3 is 0 Å². The van der Waals surface area contributed by atoms with Gasteiger partial charge in [-0.25, -0.2) is 0 Å². The lowest BCUT2D eigenvalue weighted by molar-refractivity contribution is 0.109. The summed E-state index contributed by atoms with van der Waals surface area (Å²) in [6.07, 6.45) is 0. The Bertz CT molecular complexity index is 415. The van der Waals surface area contributed by atoms with Gasteiger partial charge in [0.25, 0.3) is 0 Å². The first kappa shape index (κ1) is 17.0. The number of hydrogen-bond acceptors (Lipinski definition) is 3. The van der Waals surface area contributed by atoms with Crippen molar-refractivity contribution in [1.29, 1.82) is 0 Å². The van der Waals surface area contributed by atoms with Gasteiger partial charge in [-0.1, -0.05) is 39.8 Å². The van der Waals surface area contributed by atoms with Crippen molar-refractivity contribution in [1.82, 2.24) is 4.90 Å². The number of ether oxygens (including phenoxy) is 1. The van der Waals surface area contributed by atoms with Crippen LogP contribution in [0.2, 0.25) is 0 Å². The van der Waals surface area contributed by atoms with Crippen molar-refractivity contribution >= 4 is 0 Å². The summed E-state index contributed by atoms with van der Waals surface area (Å²) in [5, 5.41) is 0. The predicted molar refractivity (Wildman–Crippen MR) is 86.1 cm³/mol. The highest BCUT2D eigenvalue weighted by atomic mass is 16.5. The molecule has 2 N–H and O–H groups in total. The lowest BCUT2D eigenvalue weighted by Crippen LogP contribution is -2.57. The zero-order valence-corrected chi connectivity index (χ0v) is 13.8. The van der Waals surface area contributed by atoms with E-state index in [1.165, 1.54) is 0 Å². The van der Waals surface area contributed by atoms with Crippen LogP contribution in [0.3, 0.4) is 0 Å². The molecule has 0 heterocycles. The molecule has 0 aliphatic heterocycles. The zero-order valence-electron chi connectivity index (χ0n) is 13.8. The maximum atomic E-state index is 6.88. The van der Waals surface area contributed by atoms with Gasteiger partial charge in [0.2, 0.25) is 0 Å². The highest BCUT2D eigenvalue weighted by Crippen LogP contribution is 2.34. The van der Waals surface area contributed by atoms with Crippen molar-refractivity contribution in [3.8, 4) is 5.75 Å². The fraction of sp³-hybridized carbons (Fsp3) is 0.647. The van der Waals surface area contributed by atoms with Crippen LogP contribution in [0.1, 0.15) is 40.2 Å². The number of nitrogens with zero attached hydrogens (tertiary/aromatic N) is 1. The van der Waals surface area contributed by atoms with E-state index in [2.05, 4.69) is 51.7 Å². The molecule has 114 valence electrons. The number of rotatable bonds is 7. The van der Waals surface area contributed by atoms with E-state index < -0.39 is 0 Å². The molecule has 0 saturated carbocycles. The molecule has 2 unspecified atom stereocenters. The van der Waals surface area contributed by atoms with Crippen LogP contribution in [-0.4, -0.2) is 31.1 Å². The highest BCUT2D eigenvalue weighted by Gasteiger charge is 2.39. The maximum absolute atomic E-state index is 6.88. The Hall–Kier alpha value is -1.06. The third kappa shape index (κ3) is 3.15. The Morgan fingerprint density at radius 2 is 1.80 bits per heavy atom. The van der Waals surface area contributed by atoms with Crippen LogP contribution in [0.5, 0.6) is 5.75 Å². The van der Waals surface area contributed by atoms with Crippen molar-refractivity contribution in [3.05, 3.63) is 29.8 Å². The van der Waals surface area contributed by atoms with Crippen LogP contribution in [0.4, 0.5) is 0 Å². The summed E-state index contributed by atoms with van der Waals surface area (Å²) >= 11 is 0. The summed E-state index contributed by atoms with van der Waals surface area (Å²) in [5.74, 6) is 1.20. The Morgan fingerprint density at radius 3 is 2.25 bits per heavy atom. The Kier molecular flexibility index (Phi) is 6.03. The van der Waals surface area contributed by atoms with Gasteiger partial charge in [0, 0.05) is 6.04 Å². The van der Waals surface area contributed by atoms with Crippen LogP contribution >= 0.6 is 0 Å². The molecule has 0 saturated heterocycles. The van der Waals surface area contributed by atoms with E-state index >= 15 is 0 Å². The Labute approximate surface area is 124 Å². The third-order valence-corrected chi connectivity index (χ3v) is 4.58. The molecule has 0 spiro atoms. The summed E-state index contributed by atoms with van der Waals surface area (Å²) in [4.78, 5) is 2.42. The Morgan fingerprint density at radius 1 is 1.20 bits per heavy atom. The second-order valence-corrected chi connectivity index (χ2v) is 5.72. The molecule has 0 bridgehead atoms. The fourth-order valence-electron chi connectivity index (χ4n) is 3.02. The molecule has 20 heavy (non-hydrogen) atoms. The van der Waals surface area contributed by atoms with Crippen LogP contribution in [0.25, 0.3) is 0 Å². The predicted octanol–water partition coefficient (Wildman–Crippen LogP) is 3.24. The molecule has 2 atom stereocenters. The molecule has 3 heteroatoms. The molecule has 1 rings (SSSR count). The van der Waals surface area contributed by atoms with Gasteiger partial charge in [0.15, 0.2) is 0 Å². The summed E-state index contributed by atoms with van der Waals surface area (Å²) in [5.41, 5.74) is 7.64. The molecule has 3 nitrogen and oxygen atoms in total. The molecule has 1 aromatic rings.